The van der Waals surface area contributed by atoms with Crippen LogP contribution in [0.4, 0.5) is 0 Å². The van der Waals surface area contributed by atoms with Crippen molar-refractivity contribution in [3.05, 3.63) is 0 Å². The monoisotopic (exact) mass is 280 g/mol. The summed E-state index contributed by atoms with van der Waals surface area (Å²) in [4.78, 5) is 0. The molecule has 0 atom stereocenters. The topological polar surface area (TPSA) is 0 Å². The number of hydrogen-bond donors (Lipinski definition) is 0. The van der Waals surface area contributed by atoms with E-state index in [0.717, 1.165) is 0 Å². The molecule has 0 nitrogen and oxygen atoms in total. The molecule has 0 aliphatic rings. The van der Waals surface area contributed by atoms with Crippen molar-refractivity contribution in [2.24, 2.45) is 0 Å². The van der Waals surface area contributed by atoms with E-state index < -0.39 is 0 Å². The van der Waals surface area contributed by atoms with Crippen LogP contribution in [-0.4, -0.2) is 11.0 Å². The van der Waals surface area contributed by atoms with Crippen LogP contribution < -0.4 is 0 Å². The van der Waals surface area contributed by atoms with Crippen LogP contribution in [-0.2, 0) is 68.3 Å². The van der Waals surface area contributed by atoms with Gasteiger partial charge in [-0.05, 0) is 0 Å². The summed E-state index contributed by atoms with van der Waals surface area (Å²) in [6.07, 6.45) is 0. The Kier molecular flexibility index (Phi) is 368. The van der Waals surface area contributed by atoms with Gasteiger partial charge in [0.15, 0.2) is 0 Å². The molecule has 0 saturated heterocycles. The first-order valence-electron chi connectivity index (χ1n) is 0. The van der Waals surface area contributed by atoms with Crippen LogP contribution in [0.25, 0.3) is 0 Å². The van der Waals surface area contributed by atoms with Crippen LogP contribution in [0.2, 0.25) is 0 Å². The van der Waals surface area contributed by atoms with E-state index in [-0.39, 0.29) is 79.2 Å². The Morgan fingerprint density at radius 1 is 0.400 bits per heavy atom. The Morgan fingerprint density at radius 3 is 0.400 bits per heavy atom. The first-order chi connectivity index (χ1) is 0. The minimum atomic E-state index is 0. The van der Waals surface area contributed by atoms with Gasteiger partial charge in [0.1, 0.15) is 0 Å². The van der Waals surface area contributed by atoms with Gasteiger partial charge in [-0.15, -0.1) is 0 Å². The molecule has 0 N–H and O–H groups in total. The third-order valence-corrected chi connectivity index (χ3v) is 0. The molecule has 0 aromatic heterocycles. The van der Waals surface area contributed by atoms with Crippen LogP contribution in [0.5, 0.6) is 0 Å². The Balaban J connectivity index is 0. The van der Waals surface area contributed by atoms with Crippen molar-refractivity contribution in [3.8, 4) is 0 Å². The quantitative estimate of drug-likeness (QED) is 0.531. The van der Waals surface area contributed by atoms with Crippen molar-refractivity contribution < 1.29 is 68.3 Å². The average Bonchev–Trinajstić information content (AvgIpc) is 0. The largest absolute Gasteiger partial charge is 0 e. The predicted octanol–water partition coefficient (Wildman–Crippen LogP) is -0.391. The molecule has 0 saturated carbocycles. The minimum Gasteiger partial charge on any atom is 0 e. The zero-order valence-corrected chi connectivity index (χ0v) is 6.47. The molecule has 0 unspecified atom stereocenters. The zero-order valence-electron chi connectivity index (χ0n) is 1.71. The Bertz CT molecular complexity index is 3.61. The molecular formula is Cu4Si. The summed E-state index contributed by atoms with van der Waals surface area (Å²) in [6, 6.07) is 0. The second-order valence-corrected chi connectivity index (χ2v) is 0. The summed E-state index contributed by atoms with van der Waals surface area (Å²) in [5.74, 6) is 0. The summed E-state index contributed by atoms with van der Waals surface area (Å²) >= 11 is 0. The first kappa shape index (κ1) is 54.9. The third kappa shape index (κ3) is 22.0. The Hall–Kier alpha value is 2.29. The second kappa shape index (κ2) is 33.5. The van der Waals surface area contributed by atoms with Gasteiger partial charge in [-0.25, -0.2) is 0 Å². The van der Waals surface area contributed by atoms with Gasteiger partial charge in [-0.2, -0.15) is 0 Å². The summed E-state index contributed by atoms with van der Waals surface area (Å²) in [6.45, 7) is 0. The van der Waals surface area contributed by atoms with E-state index in [2.05, 4.69) is 0 Å². The van der Waals surface area contributed by atoms with Crippen LogP contribution in [0.15, 0.2) is 0 Å². The van der Waals surface area contributed by atoms with Gasteiger partial charge in [0.05, 0.1) is 0 Å². The van der Waals surface area contributed by atoms with E-state index in [0.29, 0.717) is 0 Å². The van der Waals surface area contributed by atoms with E-state index in [9.17, 15) is 0 Å². The third-order valence-electron chi connectivity index (χ3n) is 0. The van der Waals surface area contributed by atoms with E-state index >= 15 is 0 Å². The van der Waals surface area contributed by atoms with Crippen LogP contribution in [0.1, 0.15) is 0 Å². The summed E-state index contributed by atoms with van der Waals surface area (Å²) in [5, 5.41) is 0. The molecule has 0 aliphatic heterocycles. The van der Waals surface area contributed by atoms with Crippen molar-refractivity contribution in [3.63, 3.8) is 0 Å². The molecular weight excluding hydrogens is 282 g/mol. The van der Waals surface area contributed by atoms with Gasteiger partial charge >= 0.3 is 0 Å². The molecule has 0 fully saturated rings. The maximum Gasteiger partial charge on any atom is 0 e. The summed E-state index contributed by atoms with van der Waals surface area (Å²) in [7, 11) is 0. The van der Waals surface area contributed by atoms with Gasteiger partial charge in [-0.3, -0.25) is 0 Å². The second-order valence-electron chi connectivity index (χ2n) is 0. The minimum absolute atomic E-state index is 0. The van der Waals surface area contributed by atoms with Gasteiger partial charge in [-0.1, -0.05) is 0 Å². The fourth-order valence-electron chi connectivity index (χ4n) is 0. The fourth-order valence-corrected chi connectivity index (χ4v) is 0. The van der Waals surface area contributed by atoms with Gasteiger partial charge in [0.25, 0.3) is 0 Å². The molecule has 0 spiro atoms. The van der Waals surface area contributed by atoms with E-state index in [4.69, 9.17) is 0 Å². The smallest absolute Gasteiger partial charge is 0 e. The maximum absolute atomic E-state index is 0. The van der Waals surface area contributed by atoms with Crippen molar-refractivity contribution in [1.29, 1.82) is 0 Å². The van der Waals surface area contributed by atoms with Gasteiger partial charge in [0, 0.05) is 79.2 Å². The summed E-state index contributed by atoms with van der Waals surface area (Å²) in [5.41, 5.74) is 0. The molecule has 5 heteroatoms. The van der Waals surface area contributed by atoms with Gasteiger partial charge < -0.3 is 0 Å². The molecule has 0 aliphatic carbocycles. The molecule has 5 heavy (non-hydrogen) atoms. The zero-order chi connectivity index (χ0) is 0. The molecule has 0 aromatic carbocycles. The van der Waals surface area contributed by atoms with E-state index in [1.54, 1.807) is 0 Å². The van der Waals surface area contributed by atoms with Crippen LogP contribution in [0, 0.1) is 0 Å². The Morgan fingerprint density at radius 2 is 0.400 bits per heavy atom. The van der Waals surface area contributed by atoms with E-state index in [1.165, 1.54) is 0 Å². The SMILES string of the molecule is [Cu].[Cu].[Cu].[Cu].[Si]. The molecule has 0 bridgehead atoms. The van der Waals surface area contributed by atoms with Crippen molar-refractivity contribution in [1.82, 2.24) is 0 Å². The normalized spacial score (nSPS) is 0. The fraction of sp³-hybridized carbons (Fsp3) is 0. The van der Waals surface area contributed by atoms with Crippen molar-refractivity contribution >= 4 is 11.0 Å². The summed E-state index contributed by atoms with van der Waals surface area (Å²) < 4.78 is 0. The molecule has 0 rings (SSSR count). The van der Waals surface area contributed by atoms with Crippen molar-refractivity contribution in [2.45, 2.75) is 0 Å². The molecule has 8 radical (unpaired) electrons. The standard InChI is InChI=1S/4Cu.Si. The maximum atomic E-state index is 0. The molecule has 0 heterocycles. The number of rotatable bonds is 0. The van der Waals surface area contributed by atoms with E-state index in [1.807, 2.05) is 0 Å². The van der Waals surface area contributed by atoms with Crippen molar-refractivity contribution in [2.75, 3.05) is 0 Å². The van der Waals surface area contributed by atoms with Gasteiger partial charge in [0.2, 0.25) is 0 Å². The molecule has 0 aromatic rings. The number of hydrogen-bond acceptors (Lipinski definition) is 0. The van der Waals surface area contributed by atoms with Crippen LogP contribution >= 0.6 is 0 Å². The van der Waals surface area contributed by atoms with Crippen LogP contribution in [0.3, 0.4) is 0 Å². The molecule has 0 amide bonds. The Labute approximate surface area is 78.5 Å². The average molecular weight is 282 g/mol. The predicted molar refractivity (Wildman–Crippen MR) is 5.75 cm³/mol. The molecule has 48 valence electrons. The first-order valence-corrected chi connectivity index (χ1v) is 0.